The second-order valence-electron chi connectivity index (χ2n) is 5.50. The van der Waals surface area contributed by atoms with Crippen LogP contribution in [0, 0.1) is 11.8 Å². The van der Waals surface area contributed by atoms with Crippen molar-refractivity contribution in [2.75, 3.05) is 13.1 Å². The van der Waals surface area contributed by atoms with Gasteiger partial charge in [-0.05, 0) is 38.6 Å². The highest BCUT2D eigenvalue weighted by Gasteiger charge is 2.23. The molecule has 5 heteroatoms. The third-order valence-corrected chi connectivity index (χ3v) is 3.94. The van der Waals surface area contributed by atoms with Crippen molar-refractivity contribution in [3.05, 3.63) is 0 Å². The first-order valence-electron chi connectivity index (χ1n) is 7.36. The average molecular weight is 269 g/mol. The highest BCUT2D eigenvalue weighted by molar-refractivity contribution is 5.96. The Hall–Kier alpha value is -1.10. The Bertz CT molecular complexity index is 307. The second-order valence-corrected chi connectivity index (χ2v) is 5.50. The predicted octanol–water partition coefficient (Wildman–Crippen LogP) is 1.64. The van der Waals surface area contributed by atoms with Gasteiger partial charge in [-0.15, -0.1) is 0 Å². The molecule has 0 aromatic heterocycles. The summed E-state index contributed by atoms with van der Waals surface area (Å²) >= 11 is 0. The summed E-state index contributed by atoms with van der Waals surface area (Å²) in [7, 11) is 0. The van der Waals surface area contributed by atoms with Crippen molar-refractivity contribution in [2.24, 2.45) is 11.8 Å². The van der Waals surface area contributed by atoms with Crippen LogP contribution in [0.4, 0.5) is 4.79 Å². The molecule has 1 rings (SSSR count). The quantitative estimate of drug-likeness (QED) is 0.710. The Kier molecular flexibility index (Phi) is 6.84. The van der Waals surface area contributed by atoms with Crippen molar-refractivity contribution in [3.8, 4) is 0 Å². The molecule has 0 aromatic rings. The first-order valence-corrected chi connectivity index (χ1v) is 7.36. The highest BCUT2D eigenvalue weighted by atomic mass is 16.2. The lowest BCUT2D eigenvalue weighted by Crippen LogP contribution is -2.49. The van der Waals surface area contributed by atoms with Crippen LogP contribution < -0.4 is 16.0 Å². The number of nitrogens with one attached hydrogen (secondary N) is 3. The van der Waals surface area contributed by atoms with E-state index in [1.807, 2.05) is 6.92 Å². The molecule has 3 atom stereocenters. The number of urea groups is 1. The zero-order valence-electron chi connectivity index (χ0n) is 12.3. The lowest BCUT2D eigenvalue weighted by molar-refractivity contribution is -0.121. The van der Waals surface area contributed by atoms with Crippen molar-refractivity contribution < 1.29 is 9.59 Å². The number of amides is 3. The molecule has 110 valence electrons. The van der Waals surface area contributed by atoms with Crippen molar-refractivity contribution in [3.63, 3.8) is 0 Å². The van der Waals surface area contributed by atoms with Crippen LogP contribution in [0.3, 0.4) is 0 Å². The van der Waals surface area contributed by atoms with Gasteiger partial charge in [0.2, 0.25) is 5.91 Å². The van der Waals surface area contributed by atoms with Crippen LogP contribution in [0.1, 0.15) is 46.5 Å². The van der Waals surface area contributed by atoms with Crippen molar-refractivity contribution >= 4 is 11.9 Å². The largest absolute Gasteiger partial charge is 0.338 e. The molecule has 0 saturated heterocycles. The molecule has 1 saturated carbocycles. The number of carbonyl (C=O) groups is 2. The van der Waals surface area contributed by atoms with Gasteiger partial charge in [-0.1, -0.05) is 26.2 Å². The molecule has 0 bridgehead atoms. The lowest BCUT2D eigenvalue weighted by Gasteiger charge is -2.29. The van der Waals surface area contributed by atoms with E-state index in [0.717, 1.165) is 12.5 Å². The lowest BCUT2D eigenvalue weighted by atomic mass is 9.80. The number of rotatable bonds is 5. The Morgan fingerprint density at radius 1 is 1.26 bits per heavy atom. The summed E-state index contributed by atoms with van der Waals surface area (Å²) in [5.41, 5.74) is 0. The van der Waals surface area contributed by atoms with Crippen LogP contribution >= 0.6 is 0 Å². The SMILES string of the molecule is CCNC(=O)NC(=O)C(C)NCC1CCCCC1C. The minimum absolute atomic E-state index is 0.269. The number of imide groups is 1. The highest BCUT2D eigenvalue weighted by Crippen LogP contribution is 2.28. The van der Waals surface area contributed by atoms with E-state index < -0.39 is 6.03 Å². The molecule has 5 nitrogen and oxygen atoms in total. The van der Waals surface area contributed by atoms with Gasteiger partial charge in [0, 0.05) is 6.54 Å². The Labute approximate surface area is 115 Å². The number of carbonyl (C=O) groups excluding carboxylic acids is 2. The molecule has 1 aliphatic rings. The van der Waals surface area contributed by atoms with E-state index in [9.17, 15) is 9.59 Å². The minimum atomic E-state index is -0.424. The number of hydrogen-bond acceptors (Lipinski definition) is 3. The molecule has 3 amide bonds. The topological polar surface area (TPSA) is 70.2 Å². The van der Waals surface area contributed by atoms with Gasteiger partial charge < -0.3 is 10.6 Å². The molecular weight excluding hydrogens is 242 g/mol. The van der Waals surface area contributed by atoms with Gasteiger partial charge in [-0.3, -0.25) is 10.1 Å². The summed E-state index contributed by atoms with van der Waals surface area (Å²) in [6.45, 7) is 7.26. The molecule has 3 unspecified atom stereocenters. The average Bonchev–Trinajstić information content (AvgIpc) is 2.37. The van der Waals surface area contributed by atoms with Crippen molar-refractivity contribution in [1.82, 2.24) is 16.0 Å². The summed E-state index contributed by atoms with van der Waals surface area (Å²) in [5.74, 6) is 1.10. The summed E-state index contributed by atoms with van der Waals surface area (Å²) in [6, 6.07) is -0.760. The van der Waals surface area contributed by atoms with Gasteiger partial charge in [0.25, 0.3) is 0 Å². The molecular formula is C14H27N3O2. The molecule has 1 fully saturated rings. The van der Waals surface area contributed by atoms with Crippen molar-refractivity contribution in [2.45, 2.75) is 52.5 Å². The van der Waals surface area contributed by atoms with E-state index in [4.69, 9.17) is 0 Å². The van der Waals surface area contributed by atoms with Gasteiger partial charge in [0.05, 0.1) is 6.04 Å². The smallest absolute Gasteiger partial charge is 0.321 e. The van der Waals surface area contributed by atoms with E-state index >= 15 is 0 Å². The molecule has 19 heavy (non-hydrogen) atoms. The zero-order chi connectivity index (χ0) is 14.3. The van der Waals surface area contributed by atoms with E-state index in [-0.39, 0.29) is 11.9 Å². The van der Waals surface area contributed by atoms with Gasteiger partial charge in [-0.2, -0.15) is 0 Å². The maximum absolute atomic E-state index is 11.7. The van der Waals surface area contributed by atoms with E-state index in [1.54, 1.807) is 6.92 Å². The van der Waals surface area contributed by atoms with Crippen molar-refractivity contribution in [1.29, 1.82) is 0 Å². The van der Waals surface area contributed by atoms with Gasteiger partial charge in [0.15, 0.2) is 0 Å². The molecule has 0 aromatic carbocycles. The molecule has 0 heterocycles. The third-order valence-electron chi connectivity index (χ3n) is 3.94. The maximum atomic E-state index is 11.7. The third kappa shape index (κ3) is 5.59. The van der Waals surface area contributed by atoms with Gasteiger partial charge >= 0.3 is 6.03 Å². The Balaban J connectivity index is 2.27. The van der Waals surface area contributed by atoms with Gasteiger partial charge in [0.1, 0.15) is 0 Å². The predicted molar refractivity (Wildman–Crippen MR) is 75.8 cm³/mol. The minimum Gasteiger partial charge on any atom is -0.338 e. The Morgan fingerprint density at radius 2 is 1.95 bits per heavy atom. The fraction of sp³-hybridized carbons (Fsp3) is 0.857. The molecule has 0 aliphatic heterocycles. The fourth-order valence-electron chi connectivity index (χ4n) is 2.54. The van der Waals surface area contributed by atoms with E-state index in [2.05, 4.69) is 22.9 Å². The van der Waals surface area contributed by atoms with Crippen LogP contribution in [-0.4, -0.2) is 31.1 Å². The first kappa shape index (κ1) is 16.0. The van der Waals surface area contributed by atoms with Crippen LogP contribution in [-0.2, 0) is 4.79 Å². The summed E-state index contributed by atoms with van der Waals surface area (Å²) in [5, 5.41) is 8.11. The van der Waals surface area contributed by atoms with Crippen LogP contribution in [0.2, 0.25) is 0 Å². The normalized spacial score (nSPS) is 24.6. The molecule has 0 radical (unpaired) electrons. The van der Waals surface area contributed by atoms with Crippen LogP contribution in [0.25, 0.3) is 0 Å². The monoisotopic (exact) mass is 269 g/mol. The molecule has 1 aliphatic carbocycles. The standard InChI is InChI=1S/C14H27N3O2/c1-4-15-14(19)17-13(18)11(3)16-9-12-8-6-5-7-10(12)2/h10-12,16H,4-9H2,1-3H3,(H2,15,17,18,19). The summed E-state index contributed by atoms with van der Waals surface area (Å²) < 4.78 is 0. The fourth-order valence-corrected chi connectivity index (χ4v) is 2.54. The van der Waals surface area contributed by atoms with Crippen LogP contribution in [0.5, 0.6) is 0 Å². The summed E-state index contributed by atoms with van der Waals surface area (Å²) in [4.78, 5) is 23.0. The van der Waals surface area contributed by atoms with E-state index in [0.29, 0.717) is 12.5 Å². The summed E-state index contributed by atoms with van der Waals surface area (Å²) in [6.07, 6.45) is 5.13. The Morgan fingerprint density at radius 3 is 2.58 bits per heavy atom. The van der Waals surface area contributed by atoms with E-state index in [1.165, 1.54) is 25.7 Å². The number of hydrogen-bond donors (Lipinski definition) is 3. The van der Waals surface area contributed by atoms with Crippen LogP contribution in [0.15, 0.2) is 0 Å². The zero-order valence-corrected chi connectivity index (χ0v) is 12.3. The van der Waals surface area contributed by atoms with Gasteiger partial charge in [-0.25, -0.2) is 4.79 Å². The second kappa shape index (κ2) is 8.15. The molecule has 0 spiro atoms. The molecule has 3 N–H and O–H groups in total. The maximum Gasteiger partial charge on any atom is 0.321 e. The first-order chi connectivity index (χ1) is 9.04.